The molecule has 1 aromatic heterocycles. The van der Waals surface area contributed by atoms with Crippen LogP contribution in [0.5, 0.6) is 0 Å². The van der Waals surface area contributed by atoms with Gasteiger partial charge in [0.05, 0.1) is 18.4 Å². The Morgan fingerprint density at radius 3 is 2.71 bits per heavy atom. The number of methoxy groups -OCH3 is 1. The maximum Gasteiger partial charge on any atom is 0.337 e. The molecule has 0 unspecified atom stereocenters. The van der Waals surface area contributed by atoms with Crippen LogP contribution >= 0.6 is 23.1 Å². The third kappa shape index (κ3) is 5.32. The Morgan fingerprint density at radius 2 is 2.08 bits per heavy atom. The molecule has 0 saturated carbocycles. The summed E-state index contributed by atoms with van der Waals surface area (Å²) >= 11 is 2.59. The van der Waals surface area contributed by atoms with Crippen LogP contribution in [0.3, 0.4) is 0 Å². The van der Waals surface area contributed by atoms with Crippen molar-refractivity contribution >= 4 is 44.2 Å². The molecule has 0 aliphatic rings. The lowest BCUT2D eigenvalue weighted by atomic mass is 10.1. The third-order valence-electron chi connectivity index (χ3n) is 2.71. The van der Waals surface area contributed by atoms with E-state index < -0.39 is 16.0 Å². The first-order valence-electron chi connectivity index (χ1n) is 6.68. The zero-order valence-electron chi connectivity index (χ0n) is 12.8. The Labute approximate surface area is 148 Å². The van der Waals surface area contributed by atoms with Gasteiger partial charge in [-0.3, -0.25) is 4.72 Å². The Kier molecular flexibility index (Phi) is 6.35. The number of carbonyl (C=O) groups excluding carboxylic acids is 1. The number of benzene rings is 1. The molecule has 0 spiro atoms. The molecule has 0 radical (unpaired) electrons. The molecule has 128 valence electrons. The summed E-state index contributed by atoms with van der Waals surface area (Å²) < 4.78 is 32.0. The maximum absolute atomic E-state index is 12.2. The van der Waals surface area contributed by atoms with Crippen molar-refractivity contribution in [3.8, 4) is 0 Å². The minimum Gasteiger partial charge on any atom is -0.465 e. The molecular formula is C14H15N3O4S3. The number of ether oxygens (including phenoxy) is 1. The van der Waals surface area contributed by atoms with Crippen LogP contribution in [0.2, 0.25) is 0 Å². The van der Waals surface area contributed by atoms with Crippen LogP contribution in [0, 0.1) is 0 Å². The summed E-state index contributed by atoms with van der Waals surface area (Å²) in [6.45, 7) is 3.61. The van der Waals surface area contributed by atoms with Gasteiger partial charge in [0.2, 0.25) is 15.2 Å². The minimum absolute atomic E-state index is 0.216. The number of anilines is 1. The van der Waals surface area contributed by atoms with Crippen molar-refractivity contribution in [3.63, 3.8) is 0 Å². The third-order valence-corrected chi connectivity index (χ3v) is 6.02. The molecule has 0 bridgehead atoms. The van der Waals surface area contributed by atoms with Gasteiger partial charge in [-0.1, -0.05) is 41.3 Å². The van der Waals surface area contributed by atoms with E-state index in [0.29, 0.717) is 21.2 Å². The van der Waals surface area contributed by atoms with Crippen molar-refractivity contribution in [2.24, 2.45) is 0 Å². The second-order valence-electron chi connectivity index (χ2n) is 4.52. The van der Waals surface area contributed by atoms with E-state index in [0.717, 1.165) is 11.3 Å². The summed E-state index contributed by atoms with van der Waals surface area (Å²) in [6, 6.07) is 6.17. The number of rotatable bonds is 8. The van der Waals surface area contributed by atoms with Crippen LogP contribution < -0.4 is 4.72 Å². The minimum atomic E-state index is -3.62. The number of sulfonamides is 1. The Balaban J connectivity index is 2.01. The van der Waals surface area contributed by atoms with Gasteiger partial charge in [-0.15, -0.1) is 16.8 Å². The summed E-state index contributed by atoms with van der Waals surface area (Å²) in [5.74, 6) is -0.0298. The fourth-order valence-electron chi connectivity index (χ4n) is 1.68. The monoisotopic (exact) mass is 385 g/mol. The fraction of sp³-hybridized carbons (Fsp3) is 0.214. The molecule has 0 atom stereocenters. The summed E-state index contributed by atoms with van der Waals surface area (Å²) in [7, 11) is -2.34. The van der Waals surface area contributed by atoms with E-state index in [2.05, 4.69) is 26.2 Å². The molecule has 2 rings (SSSR count). The molecule has 1 N–H and O–H groups in total. The Bertz CT molecular complexity index is 816. The fourth-order valence-corrected chi connectivity index (χ4v) is 4.61. The highest BCUT2D eigenvalue weighted by Crippen LogP contribution is 2.26. The van der Waals surface area contributed by atoms with E-state index in [4.69, 9.17) is 0 Å². The van der Waals surface area contributed by atoms with Crippen LogP contribution in [-0.2, 0) is 20.5 Å². The highest BCUT2D eigenvalue weighted by molar-refractivity contribution is 8.01. The van der Waals surface area contributed by atoms with Crippen LogP contribution in [0.1, 0.15) is 15.9 Å². The topological polar surface area (TPSA) is 98.3 Å². The molecule has 2 aromatic rings. The van der Waals surface area contributed by atoms with E-state index >= 15 is 0 Å². The van der Waals surface area contributed by atoms with Crippen molar-refractivity contribution in [3.05, 3.63) is 48.0 Å². The van der Waals surface area contributed by atoms with E-state index in [9.17, 15) is 13.2 Å². The number of esters is 1. The molecule has 24 heavy (non-hydrogen) atoms. The quantitative estimate of drug-likeness (QED) is 0.423. The predicted octanol–water partition coefficient (Wildman–Crippen LogP) is 2.54. The average Bonchev–Trinajstić information content (AvgIpc) is 2.99. The van der Waals surface area contributed by atoms with Crippen LogP contribution in [-0.4, -0.2) is 37.4 Å². The van der Waals surface area contributed by atoms with Crippen molar-refractivity contribution in [2.45, 2.75) is 10.1 Å². The smallest absolute Gasteiger partial charge is 0.337 e. The molecule has 1 aromatic carbocycles. The van der Waals surface area contributed by atoms with Gasteiger partial charge in [0.1, 0.15) is 0 Å². The van der Waals surface area contributed by atoms with Gasteiger partial charge in [-0.05, 0) is 17.7 Å². The molecule has 0 fully saturated rings. The molecule has 1 heterocycles. The number of hydrogen-bond acceptors (Lipinski definition) is 8. The SMILES string of the molecule is C=CCSc1nnc(NS(=O)(=O)Cc2ccc(C(=O)OC)cc2)s1. The molecule has 0 saturated heterocycles. The number of nitrogens with one attached hydrogen (secondary N) is 1. The Morgan fingerprint density at radius 1 is 1.38 bits per heavy atom. The molecule has 0 aliphatic heterocycles. The summed E-state index contributed by atoms with van der Waals surface area (Å²) in [5, 5.41) is 7.91. The average molecular weight is 385 g/mol. The van der Waals surface area contributed by atoms with E-state index in [-0.39, 0.29) is 10.9 Å². The molecule has 7 nitrogen and oxygen atoms in total. The predicted molar refractivity (Wildman–Crippen MR) is 94.9 cm³/mol. The van der Waals surface area contributed by atoms with E-state index in [1.807, 2.05) is 0 Å². The lowest BCUT2D eigenvalue weighted by Crippen LogP contribution is -2.15. The van der Waals surface area contributed by atoms with Crippen LogP contribution in [0.4, 0.5) is 5.13 Å². The van der Waals surface area contributed by atoms with Gasteiger partial charge in [-0.25, -0.2) is 13.2 Å². The molecule has 0 amide bonds. The molecular weight excluding hydrogens is 370 g/mol. The maximum atomic E-state index is 12.2. The second kappa shape index (κ2) is 8.27. The zero-order chi connectivity index (χ0) is 17.6. The molecule has 10 heteroatoms. The summed E-state index contributed by atoms with van der Waals surface area (Å²) in [6.07, 6.45) is 1.73. The van der Waals surface area contributed by atoms with Gasteiger partial charge in [0, 0.05) is 5.75 Å². The Hall–Kier alpha value is -1.91. The first-order chi connectivity index (χ1) is 11.4. The highest BCUT2D eigenvalue weighted by Gasteiger charge is 2.15. The van der Waals surface area contributed by atoms with Crippen molar-refractivity contribution in [1.29, 1.82) is 0 Å². The van der Waals surface area contributed by atoms with Gasteiger partial charge in [0.15, 0.2) is 4.34 Å². The number of nitrogens with zero attached hydrogens (tertiary/aromatic N) is 2. The number of thioether (sulfide) groups is 1. The first kappa shape index (κ1) is 18.4. The van der Waals surface area contributed by atoms with Gasteiger partial charge in [0.25, 0.3) is 0 Å². The normalized spacial score (nSPS) is 11.0. The summed E-state index contributed by atoms with van der Waals surface area (Å²) in [5.41, 5.74) is 0.903. The number of aromatic nitrogens is 2. The standard InChI is InChI=1S/C14H15N3O4S3/c1-3-8-22-14-16-15-13(23-14)17-24(19,20)9-10-4-6-11(7-5-10)12(18)21-2/h3-7H,1,8-9H2,2H3,(H,15,17). The lowest BCUT2D eigenvalue weighted by Gasteiger charge is -2.05. The van der Waals surface area contributed by atoms with Crippen LogP contribution in [0.25, 0.3) is 0 Å². The highest BCUT2D eigenvalue weighted by atomic mass is 32.2. The van der Waals surface area contributed by atoms with Gasteiger partial charge in [-0.2, -0.15) is 0 Å². The zero-order valence-corrected chi connectivity index (χ0v) is 15.2. The van der Waals surface area contributed by atoms with Crippen molar-refractivity contribution in [2.75, 3.05) is 17.6 Å². The second-order valence-corrected chi connectivity index (χ2v) is 8.49. The largest absolute Gasteiger partial charge is 0.465 e. The number of hydrogen-bond donors (Lipinski definition) is 1. The van der Waals surface area contributed by atoms with Gasteiger partial charge >= 0.3 is 5.97 Å². The van der Waals surface area contributed by atoms with Crippen molar-refractivity contribution in [1.82, 2.24) is 10.2 Å². The van der Waals surface area contributed by atoms with Crippen molar-refractivity contribution < 1.29 is 17.9 Å². The van der Waals surface area contributed by atoms with Crippen LogP contribution in [0.15, 0.2) is 41.3 Å². The van der Waals surface area contributed by atoms with E-state index in [1.54, 1.807) is 18.2 Å². The van der Waals surface area contributed by atoms with Gasteiger partial charge < -0.3 is 4.74 Å². The lowest BCUT2D eigenvalue weighted by molar-refractivity contribution is 0.0600. The summed E-state index contributed by atoms with van der Waals surface area (Å²) in [4.78, 5) is 11.4. The van der Waals surface area contributed by atoms with E-state index in [1.165, 1.54) is 31.0 Å². The molecule has 0 aliphatic carbocycles. The number of carbonyl (C=O) groups is 1. The first-order valence-corrected chi connectivity index (χ1v) is 10.1.